The van der Waals surface area contributed by atoms with Crippen LogP contribution in [0, 0.1) is 5.92 Å². The molecule has 0 aromatic heterocycles. The Hall–Kier alpha value is -1.10. The Labute approximate surface area is 140 Å². The minimum Gasteiger partial charge on any atom is -0.354 e. The highest BCUT2D eigenvalue weighted by atomic mass is 16.2. The van der Waals surface area contributed by atoms with E-state index >= 15 is 0 Å². The molecule has 5 nitrogen and oxygen atoms in total. The van der Waals surface area contributed by atoms with Gasteiger partial charge in [0.25, 0.3) is 0 Å². The van der Waals surface area contributed by atoms with Gasteiger partial charge in [0.15, 0.2) is 0 Å². The lowest BCUT2D eigenvalue weighted by atomic mass is 9.74. The number of nitrogens with zero attached hydrogens (tertiary/aromatic N) is 1. The summed E-state index contributed by atoms with van der Waals surface area (Å²) in [4.78, 5) is 25.8. The quantitative estimate of drug-likeness (QED) is 0.814. The Morgan fingerprint density at radius 2 is 1.87 bits per heavy atom. The fraction of sp³-hybridized carbons (Fsp3) is 0.889. The molecule has 0 aromatic carbocycles. The summed E-state index contributed by atoms with van der Waals surface area (Å²) in [6, 6.07) is 0. The first-order valence-corrected chi connectivity index (χ1v) is 9.01. The van der Waals surface area contributed by atoms with Crippen molar-refractivity contribution >= 4 is 11.8 Å². The molecule has 132 valence electrons. The summed E-state index contributed by atoms with van der Waals surface area (Å²) in [6.07, 6.45) is 5.38. The fourth-order valence-electron chi connectivity index (χ4n) is 4.44. The van der Waals surface area contributed by atoms with E-state index < -0.39 is 0 Å². The minimum atomic E-state index is 0.0763. The van der Waals surface area contributed by atoms with E-state index in [4.69, 9.17) is 0 Å². The van der Waals surface area contributed by atoms with Crippen molar-refractivity contribution in [3.05, 3.63) is 0 Å². The van der Waals surface area contributed by atoms with Crippen LogP contribution in [0.3, 0.4) is 0 Å². The highest BCUT2D eigenvalue weighted by Crippen LogP contribution is 2.34. The molecule has 2 rings (SSSR count). The zero-order valence-electron chi connectivity index (χ0n) is 15.2. The predicted molar refractivity (Wildman–Crippen MR) is 92.1 cm³/mol. The van der Waals surface area contributed by atoms with Gasteiger partial charge < -0.3 is 15.5 Å². The van der Waals surface area contributed by atoms with Crippen molar-refractivity contribution in [2.45, 2.75) is 77.3 Å². The van der Waals surface area contributed by atoms with Gasteiger partial charge in [-0.15, -0.1) is 0 Å². The zero-order valence-corrected chi connectivity index (χ0v) is 15.2. The molecular formula is C18H33N3O2. The maximum Gasteiger partial charge on any atom is 0.222 e. The summed E-state index contributed by atoms with van der Waals surface area (Å²) in [7, 11) is 0. The molecule has 0 aliphatic carbocycles. The first-order chi connectivity index (χ1) is 10.7. The average molecular weight is 323 g/mol. The van der Waals surface area contributed by atoms with Crippen LogP contribution in [0.5, 0.6) is 0 Å². The number of rotatable bonds is 5. The van der Waals surface area contributed by atoms with Crippen LogP contribution in [0.25, 0.3) is 0 Å². The first kappa shape index (κ1) is 18.2. The standard InChI is InChI=1S/C18H33N3O2/c1-17(2)12-14(13-18(3,4)20-17)11-15(22)19-8-10-21-9-6-5-7-16(21)23/h14,20H,5-13H2,1-4H3,(H,19,22). The molecule has 23 heavy (non-hydrogen) atoms. The maximum absolute atomic E-state index is 12.2. The lowest BCUT2D eigenvalue weighted by Gasteiger charge is -2.46. The normalized spacial score (nSPS) is 24.5. The van der Waals surface area contributed by atoms with Crippen molar-refractivity contribution in [2.75, 3.05) is 19.6 Å². The highest BCUT2D eigenvalue weighted by molar-refractivity contribution is 5.77. The second-order valence-corrected chi connectivity index (χ2v) is 8.56. The van der Waals surface area contributed by atoms with E-state index in [2.05, 4.69) is 38.3 Å². The topological polar surface area (TPSA) is 61.4 Å². The monoisotopic (exact) mass is 323 g/mol. The molecule has 0 aromatic rings. The molecule has 2 aliphatic heterocycles. The predicted octanol–water partition coefficient (Wildman–Crippen LogP) is 2.06. The summed E-state index contributed by atoms with van der Waals surface area (Å²) in [6.45, 7) is 10.9. The number of likely N-dealkylation sites (tertiary alicyclic amines) is 1. The lowest BCUT2D eigenvalue weighted by molar-refractivity contribution is -0.133. The van der Waals surface area contributed by atoms with Crippen LogP contribution in [0.2, 0.25) is 0 Å². The van der Waals surface area contributed by atoms with Crippen LogP contribution in [0.1, 0.15) is 66.2 Å². The van der Waals surface area contributed by atoms with Gasteiger partial charge in [0, 0.05) is 43.6 Å². The molecule has 5 heteroatoms. The number of piperidine rings is 2. The molecule has 0 spiro atoms. The molecule has 0 radical (unpaired) electrons. The van der Waals surface area contributed by atoms with Gasteiger partial charge in [0.05, 0.1) is 0 Å². The van der Waals surface area contributed by atoms with E-state index in [0.29, 0.717) is 31.8 Å². The summed E-state index contributed by atoms with van der Waals surface area (Å²) in [5.41, 5.74) is 0.153. The second-order valence-electron chi connectivity index (χ2n) is 8.56. The van der Waals surface area contributed by atoms with Crippen LogP contribution in [0.15, 0.2) is 0 Å². The first-order valence-electron chi connectivity index (χ1n) is 9.01. The number of carbonyl (C=O) groups is 2. The smallest absolute Gasteiger partial charge is 0.222 e. The van der Waals surface area contributed by atoms with E-state index in [0.717, 1.165) is 32.2 Å². The van der Waals surface area contributed by atoms with Gasteiger partial charge in [-0.25, -0.2) is 0 Å². The Morgan fingerprint density at radius 3 is 2.48 bits per heavy atom. The SMILES string of the molecule is CC1(C)CC(CC(=O)NCCN2CCCCC2=O)CC(C)(C)N1. The molecule has 2 saturated heterocycles. The molecule has 2 fully saturated rings. The number of amides is 2. The number of nitrogens with one attached hydrogen (secondary N) is 2. The van der Waals surface area contributed by atoms with Crippen LogP contribution >= 0.6 is 0 Å². The van der Waals surface area contributed by atoms with Crippen LogP contribution in [0.4, 0.5) is 0 Å². The molecule has 2 N–H and O–H groups in total. The van der Waals surface area contributed by atoms with Crippen LogP contribution in [-0.2, 0) is 9.59 Å². The van der Waals surface area contributed by atoms with Crippen LogP contribution < -0.4 is 10.6 Å². The van der Waals surface area contributed by atoms with Crippen molar-refractivity contribution in [1.82, 2.24) is 15.5 Å². The zero-order chi connectivity index (χ0) is 17.1. The Morgan fingerprint density at radius 1 is 1.22 bits per heavy atom. The molecule has 0 bridgehead atoms. The van der Waals surface area contributed by atoms with E-state index in [1.165, 1.54) is 0 Å². The maximum atomic E-state index is 12.2. The van der Waals surface area contributed by atoms with E-state index in [9.17, 15) is 9.59 Å². The van der Waals surface area contributed by atoms with Crippen molar-refractivity contribution in [2.24, 2.45) is 5.92 Å². The van der Waals surface area contributed by atoms with Gasteiger partial charge in [0.2, 0.25) is 11.8 Å². The Balaban J connectivity index is 1.73. The van der Waals surface area contributed by atoms with Gasteiger partial charge in [-0.2, -0.15) is 0 Å². The molecular weight excluding hydrogens is 290 g/mol. The molecule has 0 unspecified atom stereocenters. The third kappa shape index (κ3) is 5.79. The number of hydrogen-bond acceptors (Lipinski definition) is 3. The summed E-state index contributed by atoms with van der Waals surface area (Å²) >= 11 is 0. The highest BCUT2D eigenvalue weighted by Gasteiger charge is 2.38. The van der Waals surface area contributed by atoms with E-state index in [1.54, 1.807) is 0 Å². The van der Waals surface area contributed by atoms with E-state index in [-0.39, 0.29) is 22.9 Å². The second kappa shape index (κ2) is 7.20. The van der Waals surface area contributed by atoms with Crippen molar-refractivity contribution in [3.8, 4) is 0 Å². The van der Waals surface area contributed by atoms with E-state index in [1.807, 2.05) is 4.90 Å². The van der Waals surface area contributed by atoms with Crippen molar-refractivity contribution in [3.63, 3.8) is 0 Å². The number of hydrogen-bond donors (Lipinski definition) is 2. The Bertz CT molecular complexity index is 430. The van der Waals surface area contributed by atoms with Gasteiger partial charge in [-0.3, -0.25) is 9.59 Å². The fourth-order valence-corrected chi connectivity index (χ4v) is 4.44. The van der Waals surface area contributed by atoms with Gasteiger partial charge in [0.1, 0.15) is 0 Å². The molecule has 2 amide bonds. The largest absolute Gasteiger partial charge is 0.354 e. The van der Waals surface area contributed by atoms with Crippen molar-refractivity contribution < 1.29 is 9.59 Å². The minimum absolute atomic E-state index is 0.0763. The van der Waals surface area contributed by atoms with Gasteiger partial charge >= 0.3 is 0 Å². The van der Waals surface area contributed by atoms with Gasteiger partial charge in [-0.05, 0) is 59.3 Å². The summed E-state index contributed by atoms with van der Waals surface area (Å²) < 4.78 is 0. The van der Waals surface area contributed by atoms with Gasteiger partial charge in [-0.1, -0.05) is 0 Å². The lowest BCUT2D eigenvalue weighted by Crippen LogP contribution is -2.58. The third-order valence-corrected chi connectivity index (χ3v) is 4.87. The molecule has 2 aliphatic rings. The summed E-state index contributed by atoms with van der Waals surface area (Å²) in [5.74, 6) is 0.762. The summed E-state index contributed by atoms with van der Waals surface area (Å²) in [5, 5.41) is 6.65. The number of carbonyl (C=O) groups excluding carboxylic acids is 2. The van der Waals surface area contributed by atoms with Crippen molar-refractivity contribution in [1.29, 1.82) is 0 Å². The molecule has 2 heterocycles. The third-order valence-electron chi connectivity index (χ3n) is 4.87. The molecule has 0 saturated carbocycles. The Kier molecular flexibility index (Phi) is 5.71. The average Bonchev–Trinajstić information content (AvgIpc) is 2.37. The van der Waals surface area contributed by atoms with Crippen LogP contribution in [-0.4, -0.2) is 47.4 Å². The molecule has 0 atom stereocenters.